The molecule has 1 aromatic heterocycles. The van der Waals surface area contributed by atoms with Crippen LogP contribution in [0.3, 0.4) is 0 Å². The highest BCUT2D eigenvalue weighted by Crippen LogP contribution is 2.36. The first-order valence-corrected chi connectivity index (χ1v) is 8.06. The smallest absolute Gasteiger partial charge is 0.379 e. The monoisotopic (exact) mass is 486 g/mol. The molecule has 21 heavy (non-hydrogen) atoms. The summed E-state index contributed by atoms with van der Waals surface area (Å²) in [5.74, 6) is 0. The lowest BCUT2D eigenvalue weighted by Crippen LogP contribution is -2.08. The molecule has 0 aliphatic heterocycles. The minimum atomic E-state index is -4.40. The molecule has 0 saturated heterocycles. The third-order valence-corrected chi connectivity index (χ3v) is 4.43. The highest BCUT2D eigenvalue weighted by molar-refractivity contribution is 9.11. The van der Waals surface area contributed by atoms with Gasteiger partial charge in [0.15, 0.2) is 0 Å². The Bertz CT molecular complexity index is 660. The molecule has 0 radical (unpaired) electrons. The first kappa shape index (κ1) is 16.8. The van der Waals surface area contributed by atoms with Gasteiger partial charge in [0, 0.05) is 25.3 Å². The van der Waals surface area contributed by atoms with Gasteiger partial charge in [0.2, 0.25) is 0 Å². The maximum absolute atomic E-state index is 12.8. The first-order chi connectivity index (χ1) is 9.77. The van der Waals surface area contributed by atoms with Gasteiger partial charge in [-0.25, -0.2) is 0 Å². The summed E-state index contributed by atoms with van der Waals surface area (Å²) in [5.41, 5.74) is 0.368. The fraction of sp³-hybridized carbons (Fsp3) is 0.154. The van der Waals surface area contributed by atoms with Crippen LogP contribution in [0.1, 0.15) is 11.3 Å². The van der Waals surface area contributed by atoms with Gasteiger partial charge in [0.1, 0.15) is 0 Å². The van der Waals surface area contributed by atoms with Crippen LogP contribution >= 0.6 is 47.8 Å². The SMILES string of the molecule is FC(F)(F)c1cc(NCc2ncc(Br)cc2Br)ccc1Br. The molecule has 112 valence electrons. The normalized spacial score (nSPS) is 11.5. The van der Waals surface area contributed by atoms with Crippen molar-refractivity contribution in [2.45, 2.75) is 12.7 Å². The molecule has 0 fully saturated rings. The van der Waals surface area contributed by atoms with Gasteiger partial charge >= 0.3 is 6.18 Å². The lowest BCUT2D eigenvalue weighted by molar-refractivity contribution is -0.138. The molecule has 1 heterocycles. The predicted octanol–water partition coefficient (Wildman–Crippen LogP) is 6.00. The number of anilines is 1. The van der Waals surface area contributed by atoms with Crippen molar-refractivity contribution < 1.29 is 13.2 Å². The van der Waals surface area contributed by atoms with Crippen molar-refractivity contribution in [3.8, 4) is 0 Å². The van der Waals surface area contributed by atoms with Crippen molar-refractivity contribution in [1.82, 2.24) is 4.98 Å². The molecular weight excluding hydrogens is 481 g/mol. The van der Waals surface area contributed by atoms with E-state index in [9.17, 15) is 13.2 Å². The second kappa shape index (κ2) is 6.66. The summed E-state index contributed by atoms with van der Waals surface area (Å²) < 4.78 is 40.1. The van der Waals surface area contributed by atoms with Crippen molar-refractivity contribution >= 4 is 53.5 Å². The van der Waals surface area contributed by atoms with E-state index in [1.165, 1.54) is 6.07 Å². The van der Waals surface area contributed by atoms with Crippen LogP contribution in [0.15, 0.2) is 43.9 Å². The summed E-state index contributed by atoms with van der Waals surface area (Å²) >= 11 is 9.56. The van der Waals surface area contributed by atoms with E-state index >= 15 is 0 Å². The molecule has 0 atom stereocenters. The highest BCUT2D eigenvalue weighted by Gasteiger charge is 2.33. The van der Waals surface area contributed by atoms with Crippen LogP contribution in [0.4, 0.5) is 18.9 Å². The molecule has 8 heteroatoms. The zero-order valence-corrected chi connectivity index (χ0v) is 15.1. The molecule has 1 aromatic carbocycles. The number of rotatable bonds is 3. The number of alkyl halides is 3. The Kier molecular flexibility index (Phi) is 5.32. The lowest BCUT2D eigenvalue weighted by Gasteiger charge is -2.13. The standard InChI is InChI=1S/C13H8Br3F3N2/c14-7-3-11(16)12(21-5-7)6-20-8-1-2-10(15)9(4-8)13(17,18)19/h1-5,20H,6H2. The van der Waals surface area contributed by atoms with Crippen molar-refractivity contribution in [2.75, 3.05) is 5.32 Å². The number of hydrogen-bond donors (Lipinski definition) is 1. The number of pyridine rings is 1. The van der Waals surface area contributed by atoms with Crippen LogP contribution in [-0.4, -0.2) is 4.98 Å². The van der Waals surface area contributed by atoms with E-state index in [1.807, 2.05) is 6.07 Å². The number of benzene rings is 1. The van der Waals surface area contributed by atoms with Gasteiger partial charge in [-0.3, -0.25) is 4.98 Å². The number of hydrogen-bond acceptors (Lipinski definition) is 2. The zero-order valence-electron chi connectivity index (χ0n) is 10.3. The molecule has 2 rings (SSSR count). The van der Waals surface area contributed by atoms with E-state index < -0.39 is 11.7 Å². The third kappa shape index (κ3) is 4.43. The minimum Gasteiger partial charge on any atom is -0.379 e. The van der Waals surface area contributed by atoms with Gasteiger partial charge in [-0.15, -0.1) is 0 Å². The Morgan fingerprint density at radius 3 is 2.38 bits per heavy atom. The van der Waals surface area contributed by atoms with Crippen LogP contribution < -0.4 is 5.32 Å². The van der Waals surface area contributed by atoms with E-state index in [1.54, 1.807) is 12.3 Å². The van der Waals surface area contributed by atoms with Crippen LogP contribution in [0.25, 0.3) is 0 Å². The second-order valence-electron chi connectivity index (χ2n) is 4.13. The van der Waals surface area contributed by atoms with E-state index in [0.29, 0.717) is 17.9 Å². The van der Waals surface area contributed by atoms with Gasteiger partial charge in [0.05, 0.1) is 17.8 Å². The largest absolute Gasteiger partial charge is 0.417 e. The average Bonchev–Trinajstić information content (AvgIpc) is 2.38. The van der Waals surface area contributed by atoms with Gasteiger partial charge in [-0.2, -0.15) is 13.2 Å². The van der Waals surface area contributed by atoms with Gasteiger partial charge in [0.25, 0.3) is 0 Å². The Hall–Kier alpha value is -0.600. The van der Waals surface area contributed by atoms with Gasteiger partial charge in [-0.1, -0.05) is 15.9 Å². The number of nitrogens with one attached hydrogen (secondary N) is 1. The first-order valence-electron chi connectivity index (χ1n) is 5.68. The Balaban J connectivity index is 2.17. The van der Waals surface area contributed by atoms with Crippen LogP contribution in [0.5, 0.6) is 0 Å². The summed E-state index contributed by atoms with van der Waals surface area (Å²) in [4.78, 5) is 4.19. The summed E-state index contributed by atoms with van der Waals surface area (Å²) in [7, 11) is 0. The fourth-order valence-electron chi connectivity index (χ4n) is 1.61. The number of halogens is 6. The summed E-state index contributed by atoms with van der Waals surface area (Å²) in [6.07, 6.45) is -2.77. The minimum absolute atomic E-state index is 0.0171. The van der Waals surface area contributed by atoms with Crippen molar-refractivity contribution in [3.63, 3.8) is 0 Å². The molecule has 0 spiro atoms. The molecule has 0 saturated carbocycles. The summed E-state index contributed by atoms with van der Waals surface area (Å²) in [6.45, 7) is 0.312. The fourth-order valence-corrected chi connectivity index (χ4v) is 3.21. The quantitative estimate of drug-likeness (QED) is 0.573. The Morgan fingerprint density at radius 1 is 1.05 bits per heavy atom. The van der Waals surface area contributed by atoms with Gasteiger partial charge < -0.3 is 5.32 Å². The molecule has 0 unspecified atom stereocenters. The van der Waals surface area contributed by atoms with Crippen LogP contribution in [-0.2, 0) is 12.7 Å². The molecule has 0 aliphatic carbocycles. The molecule has 0 amide bonds. The zero-order chi connectivity index (χ0) is 15.6. The molecule has 0 aliphatic rings. The molecular formula is C13H8Br3F3N2. The Labute approximate surface area is 144 Å². The highest BCUT2D eigenvalue weighted by atomic mass is 79.9. The van der Waals surface area contributed by atoms with E-state index in [0.717, 1.165) is 15.0 Å². The van der Waals surface area contributed by atoms with Crippen LogP contribution in [0, 0.1) is 0 Å². The van der Waals surface area contributed by atoms with E-state index in [2.05, 4.69) is 58.1 Å². The van der Waals surface area contributed by atoms with Crippen LogP contribution in [0.2, 0.25) is 0 Å². The topological polar surface area (TPSA) is 24.9 Å². The maximum Gasteiger partial charge on any atom is 0.417 e. The average molecular weight is 489 g/mol. The van der Waals surface area contributed by atoms with E-state index in [4.69, 9.17) is 0 Å². The van der Waals surface area contributed by atoms with Gasteiger partial charge in [-0.05, 0) is 56.1 Å². The molecule has 2 aromatic rings. The molecule has 0 bridgehead atoms. The van der Waals surface area contributed by atoms with Crippen molar-refractivity contribution in [1.29, 1.82) is 0 Å². The van der Waals surface area contributed by atoms with Crippen molar-refractivity contribution in [3.05, 3.63) is 55.1 Å². The predicted molar refractivity (Wildman–Crippen MR) is 86.1 cm³/mol. The molecule has 2 nitrogen and oxygen atoms in total. The van der Waals surface area contributed by atoms with Crippen molar-refractivity contribution in [2.24, 2.45) is 0 Å². The van der Waals surface area contributed by atoms with E-state index in [-0.39, 0.29) is 4.47 Å². The number of nitrogens with zero attached hydrogens (tertiary/aromatic N) is 1. The summed E-state index contributed by atoms with van der Waals surface area (Å²) in [6, 6.07) is 5.84. The molecule has 1 N–H and O–H groups in total. The number of aromatic nitrogens is 1. The second-order valence-corrected chi connectivity index (χ2v) is 6.75. The summed E-state index contributed by atoms with van der Waals surface area (Å²) in [5, 5.41) is 2.93. The Morgan fingerprint density at radius 2 is 1.76 bits per heavy atom. The lowest BCUT2D eigenvalue weighted by atomic mass is 10.2. The maximum atomic E-state index is 12.8. The third-order valence-electron chi connectivity index (χ3n) is 2.62.